The van der Waals surface area contributed by atoms with Crippen molar-refractivity contribution in [3.63, 3.8) is 0 Å². The Morgan fingerprint density at radius 2 is 1.55 bits per heavy atom. The molecule has 0 spiro atoms. The van der Waals surface area contributed by atoms with E-state index in [-0.39, 0.29) is 5.41 Å². The summed E-state index contributed by atoms with van der Waals surface area (Å²) < 4.78 is 41.0. The van der Waals surface area contributed by atoms with Crippen molar-refractivity contribution in [1.29, 1.82) is 5.26 Å². The van der Waals surface area contributed by atoms with Crippen LogP contribution in [0.25, 0.3) is 10.9 Å². The lowest BCUT2D eigenvalue weighted by Crippen LogP contribution is -2.10. The number of nitrogens with zero attached hydrogens (tertiary/aromatic N) is 2. The molecule has 2 nitrogen and oxygen atoms in total. The van der Waals surface area contributed by atoms with Crippen molar-refractivity contribution in [1.82, 2.24) is 4.57 Å². The Morgan fingerprint density at radius 1 is 0.931 bits per heavy atom. The largest absolute Gasteiger partial charge is 0.416 e. The zero-order valence-corrected chi connectivity index (χ0v) is 16.8. The fourth-order valence-corrected chi connectivity index (χ4v) is 3.28. The van der Waals surface area contributed by atoms with Crippen LogP contribution in [-0.4, -0.2) is 4.57 Å². The van der Waals surface area contributed by atoms with Gasteiger partial charge in [-0.25, -0.2) is 0 Å². The van der Waals surface area contributed by atoms with Crippen molar-refractivity contribution in [3.05, 3.63) is 70.4 Å². The van der Waals surface area contributed by atoms with Gasteiger partial charge in [0, 0.05) is 17.5 Å². The molecule has 148 valence electrons. The summed E-state index contributed by atoms with van der Waals surface area (Å²) in [5.41, 5.74) is 2.36. The summed E-state index contributed by atoms with van der Waals surface area (Å²) in [6.07, 6.45) is -4.44. The average Bonchev–Trinajstić information content (AvgIpc) is 2.97. The maximum Gasteiger partial charge on any atom is 0.416 e. The number of benzene rings is 2. The van der Waals surface area contributed by atoms with Gasteiger partial charge < -0.3 is 4.57 Å². The fraction of sp³-hybridized carbons (Fsp3) is 0.292. The van der Waals surface area contributed by atoms with Crippen LogP contribution in [0.4, 0.5) is 13.2 Å². The maximum atomic E-state index is 13.1. The molecule has 0 saturated carbocycles. The van der Waals surface area contributed by atoms with Gasteiger partial charge >= 0.3 is 6.18 Å². The molecular formula is C24H21F3N2. The normalized spacial score (nSPS) is 11.8. The summed E-state index contributed by atoms with van der Waals surface area (Å²) in [5, 5.41) is 10.1. The number of halogens is 3. The van der Waals surface area contributed by atoms with Crippen LogP contribution in [0.5, 0.6) is 0 Å². The molecule has 29 heavy (non-hydrogen) atoms. The molecule has 0 bridgehead atoms. The van der Waals surface area contributed by atoms with Crippen LogP contribution in [0.15, 0.2) is 42.5 Å². The van der Waals surface area contributed by atoms with Gasteiger partial charge in [-0.3, -0.25) is 0 Å². The molecule has 3 rings (SSSR count). The summed E-state index contributed by atoms with van der Waals surface area (Å²) in [4.78, 5) is 0. The quantitative estimate of drug-likeness (QED) is 0.449. The second kappa shape index (κ2) is 7.33. The first-order valence-electron chi connectivity index (χ1n) is 9.32. The van der Waals surface area contributed by atoms with Gasteiger partial charge in [-0.15, -0.1) is 0 Å². The molecule has 0 aliphatic heterocycles. The van der Waals surface area contributed by atoms with Crippen LogP contribution in [0.1, 0.15) is 55.6 Å². The molecule has 0 fully saturated rings. The van der Waals surface area contributed by atoms with Gasteiger partial charge in [0.25, 0.3) is 0 Å². The van der Waals surface area contributed by atoms with Crippen LogP contribution in [0, 0.1) is 23.2 Å². The third-order valence-corrected chi connectivity index (χ3v) is 4.90. The molecule has 0 amide bonds. The van der Waals surface area contributed by atoms with Gasteiger partial charge in [-0.1, -0.05) is 44.9 Å². The smallest absolute Gasteiger partial charge is 0.333 e. The highest BCUT2D eigenvalue weighted by Crippen LogP contribution is 2.34. The lowest BCUT2D eigenvalue weighted by atomic mass is 9.87. The van der Waals surface area contributed by atoms with Crippen LogP contribution in [-0.2, 0) is 18.1 Å². The molecule has 0 radical (unpaired) electrons. The van der Waals surface area contributed by atoms with E-state index < -0.39 is 11.7 Å². The third-order valence-electron chi connectivity index (χ3n) is 4.90. The molecule has 3 aromatic rings. The average molecular weight is 394 g/mol. The number of rotatable bonds is 1. The van der Waals surface area contributed by atoms with E-state index in [4.69, 9.17) is 0 Å². The summed E-state index contributed by atoms with van der Waals surface area (Å²) >= 11 is 0. The van der Waals surface area contributed by atoms with E-state index in [9.17, 15) is 18.4 Å². The molecule has 0 aliphatic carbocycles. The minimum Gasteiger partial charge on any atom is -0.333 e. The number of aromatic nitrogens is 1. The standard InChI is InChI=1S/C24H21F3N2/c1-5-29-21(13-8-16-6-9-17(10-7-16)23(2,3)4)20(15-28)19-12-11-18(14-22(19)29)24(25,26)27/h6-7,9-12,14H,5H2,1-4H3. The predicted molar refractivity (Wildman–Crippen MR) is 108 cm³/mol. The monoisotopic (exact) mass is 394 g/mol. The molecule has 5 heteroatoms. The number of aryl methyl sites for hydroxylation is 1. The van der Waals surface area contributed by atoms with Gasteiger partial charge in [-0.05, 0) is 48.1 Å². The highest BCUT2D eigenvalue weighted by molar-refractivity contribution is 5.90. The lowest BCUT2D eigenvalue weighted by molar-refractivity contribution is -0.137. The predicted octanol–water partition coefficient (Wildman–Crippen LogP) is 6.25. The zero-order valence-electron chi connectivity index (χ0n) is 16.8. The van der Waals surface area contributed by atoms with Gasteiger partial charge in [-0.2, -0.15) is 18.4 Å². The van der Waals surface area contributed by atoms with Gasteiger partial charge in [0.15, 0.2) is 0 Å². The van der Waals surface area contributed by atoms with Crippen molar-refractivity contribution in [2.45, 2.75) is 45.8 Å². The molecule has 0 N–H and O–H groups in total. The third kappa shape index (κ3) is 4.00. The van der Waals surface area contributed by atoms with Crippen molar-refractivity contribution in [2.24, 2.45) is 0 Å². The molecule has 1 heterocycles. The Balaban J connectivity index is 2.13. The fourth-order valence-electron chi connectivity index (χ4n) is 3.28. The van der Waals surface area contributed by atoms with Crippen LogP contribution < -0.4 is 0 Å². The van der Waals surface area contributed by atoms with E-state index in [1.54, 1.807) is 4.57 Å². The molecule has 2 aromatic carbocycles. The van der Waals surface area contributed by atoms with Gasteiger partial charge in [0.1, 0.15) is 11.8 Å². The Morgan fingerprint density at radius 3 is 2.07 bits per heavy atom. The van der Waals surface area contributed by atoms with E-state index in [1.807, 2.05) is 31.2 Å². The van der Waals surface area contributed by atoms with E-state index in [2.05, 4.69) is 38.7 Å². The molecule has 0 unspecified atom stereocenters. The second-order valence-electron chi connectivity index (χ2n) is 7.89. The minimum atomic E-state index is -4.44. The SMILES string of the molecule is CCn1c(C#Cc2ccc(C(C)(C)C)cc2)c(C#N)c2ccc(C(F)(F)F)cc21. The summed E-state index contributed by atoms with van der Waals surface area (Å²) in [6, 6.07) is 13.4. The van der Waals surface area contributed by atoms with Crippen molar-refractivity contribution < 1.29 is 13.2 Å². The highest BCUT2D eigenvalue weighted by atomic mass is 19.4. The molecule has 0 saturated heterocycles. The van der Waals surface area contributed by atoms with Gasteiger partial charge in [0.2, 0.25) is 0 Å². The Kier molecular flexibility index (Phi) is 5.20. The number of fused-ring (bicyclic) bond motifs is 1. The molecule has 1 aromatic heterocycles. The van der Waals surface area contributed by atoms with Crippen molar-refractivity contribution in [2.75, 3.05) is 0 Å². The first kappa shape index (κ1) is 20.6. The van der Waals surface area contributed by atoms with Crippen molar-refractivity contribution >= 4 is 10.9 Å². The Labute approximate surface area is 168 Å². The maximum absolute atomic E-state index is 13.1. The second-order valence-corrected chi connectivity index (χ2v) is 7.89. The van der Waals surface area contributed by atoms with Crippen molar-refractivity contribution in [3.8, 4) is 17.9 Å². The first-order chi connectivity index (χ1) is 13.6. The summed E-state index contributed by atoms with van der Waals surface area (Å²) in [6.45, 7) is 8.61. The Bertz CT molecular complexity index is 1160. The van der Waals surface area contributed by atoms with E-state index in [0.717, 1.165) is 17.7 Å². The van der Waals surface area contributed by atoms with Crippen LogP contribution >= 0.6 is 0 Å². The number of alkyl halides is 3. The topological polar surface area (TPSA) is 28.7 Å². The minimum absolute atomic E-state index is 0.0325. The van der Waals surface area contributed by atoms with Crippen LogP contribution in [0.3, 0.4) is 0 Å². The van der Waals surface area contributed by atoms with E-state index in [0.29, 0.717) is 28.7 Å². The number of nitriles is 1. The first-order valence-corrected chi connectivity index (χ1v) is 9.32. The summed E-state index contributed by atoms with van der Waals surface area (Å²) in [7, 11) is 0. The van der Waals surface area contributed by atoms with E-state index in [1.165, 1.54) is 11.6 Å². The highest BCUT2D eigenvalue weighted by Gasteiger charge is 2.31. The number of hydrogen-bond acceptors (Lipinski definition) is 1. The summed E-state index contributed by atoms with van der Waals surface area (Å²) in [5.74, 6) is 6.07. The zero-order chi connectivity index (χ0) is 21.4. The Hall–Kier alpha value is -3.18. The van der Waals surface area contributed by atoms with Gasteiger partial charge in [0.05, 0.1) is 16.6 Å². The van der Waals surface area contributed by atoms with E-state index >= 15 is 0 Å². The molecule has 0 atom stereocenters. The number of hydrogen-bond donors (Lipinski definition) is 0. The lowest BCUT2D eigenvalue weighted by Gasteiger charge is -2.18. The molecule has 0 aliphatic rings. The van der Waals surface area contributed by atoms with Crippen LogP contribution in [0.2, 0.25) is 0 Å². The molecular weight excluding hydrogens is 373 g/mol.